The molecular weight excluding hydrogens is 273 g/mol. The highest BCUT2D eigenvalue weighted by Crippen LogP contribution is 2.26. The van der Waals surface area contributed by atoms with Crippen molar-refractivity contribution in [3.63, 3.8) is 0 Å². The van der Waals surface area contributed by atoms with Gasteiger partial charge in [-0.15, -0.1) is 0 Å². The van der Waals surface area contributed by atoms with E-state index in [9.17, 15) is 9.18 Å². The van der Waals surface area contributed by atoms with E-state index in [4.69, 9.17) is 9.47 Å². The summed E-state index contributed by atoms with van der Waals surface area (Å²) in [5.74, 6) is -0.676. The predicted molar refractivity (Wildman–Crippen MR) is 77.3 cm³/mol. The highest BCUT2D eigenvalue weighted by molar-refractivity contribution is 5.76. The second-order valence-corrected chi connectivity index (χ2v) is 5.33. The van der Waals surface area contributed by atoms with Crippen LogP contribution in [-0.2, 0) is 20.7 Å². The number of aryl methyl sites for hydroxylation is 1. The SMILES string of the molecule is COC1(OC)CCN(C(=O)CCc2ccc(F)cc2)CC1. The molecule has 1 aliphatic rings. The monoisotopic (exact) mass is 295 g/mol. The van der Waals surface area contributed by atoms with Gasteiger partial charge in [-0.1, -0.05) is 12.1 Å². The van der Waals surface area contributed by atoms with Crippen molar-refractivity contribution in [3.8, 4) is 0 Å². The van der Waals surface area contributed by atoms with E-state index < -0.39 is 5.79 Å². The molecule has 0 bridgehead atoms. The second kappa shape index (κ2) is 7.00. The van der Waals surface area contributed by atoms with Crippen molar-refractivity contribution in [2.75, 3.05) is 27.3 Å². The molecule has 2 rings (SSSR count). The Balaban J connectivity index is 1.81. The fourth-order valence-corrected chi connectivity index (χ4v) is 2.65. The molecule has 5 heteroatoms. The average molecular weight is 295 g/mol. The molecule has 0 unspecified atom stereocenters. The number of amides is 1. The summed E-state index contributed by atoms with van der Waals surface area (Å²) in [6.45, 7) is 1.29. The summed E-state index contributed by atoms with van der Waals surface area (Å²) >= 11 is 0. The van der Waals surface area contributed by atoms with Crippen molar-refractivity contribution >= 4 is 5.91 Å². The van der Waals surface area contributed by atoms with Crippen LogP contribution in [0.4, 0.5) is 4.39 Å². The topological polar surface area (TPSA) is 38.8 Å². The Kier molecular flexibility index (Phi) is 5.31. The number of carbonyl (C=O) groups excluding carboxylic acids is 1. The van der Waals surface area contributed by atoms with Crippen LogP contribution in [-0.4, -0.2) is 43.9 Å². The molecule has 21 heavy (non-hydrogen) atoms. The van der Waals surface area contributed by atoms with Gasteiger partial charge in [-0.3, -0.25) is 4.79 Å². The van der Waals surface area contributed by atoms with E-state index in [2.05, 4.69) is 0 Å². The summed E-state index contributed by atoms with van der Waals surface area (Å²) in [4.78, 5) is 14.0. The minimum absolute atomic E-state index is 0.125. The van der Waals surface area contributed by atoms with Crippen LogP contribution in [0.25, 0.3) is 0 Å². The summed E-state index contributed by atoms with van der Waals surface area (Å²) in [6.07, 6.45) is 2.44. The van der Waals surface area contributed by atoms with E-state index in [1.807, 2.05) is 4.90 Å². The van der Waals surface area contributed by atoms with Crippen molar-refractivity contribution in [2.24, 2.45) is 0 Å². The van der Waals surface area contributed by atoms with Gasteiger partial charge in [-0.2, -0.15) is 0 Å². The molecule has 1 amide bonds. The Morgan fingerprint density at radius 2 is 1.76 bits per heavy atom. The molecule has 0 aromatic heterocycles. The number of piperidine rings is 1. The third kappa shape index (κ3) is 4.02. The third-order valence-corrected chi connectivity index (χ3v) is 4.16. The average Bonchev–Trinajstić information content (AvgIpc) is 2.54. The number of carbonyl (C=O) groups is 1. The Morgan fingerprint density at radius 3 is 2.29 bits per heavy atom. The lowest BCUT2D eigenvalue weighted by atomic mass is 10.0. The van der Waals surface area contributed by atoms with Gasteiger partial charge < -0.3 is 14.4 Å². The quantitative estimate of drug-likeness (QED) is 0.783. The maximum Gasteiger partial charge on any atom is 0.222 e. The van der Waals surface area contributed by atoms with Crippen molar-refractivity contribution in [1.29, 1.82) is 0 Å². The number of rotatable bonds is 5. The second-order valence-electron chi connectivity index (χ2n) is 5.33. The van der Waals surface area contributed by atoms with Gasteiger partial charge in [0.15, 0.2) is 5.79 Å². The summed E-state index contributed by atoms with van der Waals surface area (Å²) in [6, 6.07) is 6.29. The normalized spacial score (nSPS) is 17.8. The van der Waals surface area contributed by atoms with E-state index in [-0.39, 0.29) is 11.7 Å². The number of methoxy groups -OCH3 is 2. The van der Waals surface area contributed by atoms with Crippen molar-refractivity contribution in [3.05, 3.63) is 35.6 Å². The van der Waals surface area contributed by atoms with Crippen molar-refractivity contribution < 1.29 is 18.7 Å². The van der Waals surface area contributed by atoms with E-state index in [0.29, 0.717) is 38.8 Å². The molecule has 1 heterocycles. The first kappa shape index (κ1) is 15.9. The highest BCUT2D eigenvalue weighted by Gasteiger charge is 2.35. The zero-order chi connectivity index (χ0) is 15.3. The summed E-state index contributed by atoms with van der Waals surface area (Å²) in [7, 11) is 3.27. The standard InChI is InChI=1S/C16H22FNO3/c1-20-16(21-2)9-11-18(12-10-16)15(19)8-5-13-3-6-14(17)7-4-13/h3-4,6-7H,5,8-12H2,1-2H3. The van der Waals surface area contributed by atoms with Crippen molar-refractivity contribution in [1.82, 2.24) is 4.90 Å². The number of benzene rings is 1. The minimum Gasteiger partial charge on any atom is -0.353 e. The molecule has 0 aliphatic carbocycles. The molecule has 0 N–H and O–H groups in total. The van der Waals surface area contributed by atoms with Crippen LogP contribution in [0.3, 0.4) is 0 Å². The fraction of sp³-hybridized carbons (Fsp3) is 0.562. The molecule has 0 spiro atoms. The molecular formula is C16H22FNO3. The predicted octanol–water partition coefficient (Wildman–Crippen LogP) is 2.37. The van der Waals surface area contributed by atoms with E-state index in [1.165, 1.54) is 12.1 Å². The molecule has 1 aliphatic heterocycles. The van der Waals surface area contributed by atoms with Crippen LogP contribution in [0.5, 0.6) is 0 Å². The molecule has 0 atom stereocenters. The lowest BCUT2D eigenvalue weighted by Crippen LogP contribution is -2.48. The zero-order valence-corrected chi connectivity index (χ0v) is 12.6. The van der Waals surface area contributed by atoms with E-state index >= 15 is 0 Å². The Labute approximate surface area is 124 Å². The van der Waals surface area contributed by atoms with Crippen LogP contribution in [0.15, 0.2) is 24.3 Å². The molecule has 1 aromatic carbocycles. The van der Waals surface area contributed by atoms with Gasteiger partial charge in [0.1, 0.15) is 5.82 Å². The Bertz CT molecular complexity index is 461. The van der Waals surface area contributed by atoms with Crippen molar-refractivity contribution in [2.45, 2.75) is 31.5 Å². The van der Waals surface area contributed by atoms with Gasteiger partial charge in [0.25, 0.3) is 0 Å². The van der Waals surface area contributed by atoms with Gasteiger partial charge in [0.2, 0.25) is 5.91 Å². The first-order chi connectivity index (χ1) is 10.1. The van der Waals surface area contributed by atoms with Crippen LogP contribution in [0, 0.1) is 5.82 Å². The number of halogens is 1. The highest BCUT2D eigenvalue weighted by atomic mass is 19.1. The molecule has 0 radical (unpaired) electrons. The largest absolute Gasteiger partial charge is 0.353 e. The van der Waals surface area contributed by atoms with Gasteiger partial charge in [0.05, 0.1) is 0 Å². The van der Waals surface area contributed by atoms with Gasteiger partial charge in [0, 0.05) is 46.6 Å². The van der Waals surface area contributed by atoms with E-state index in [1.54, 1.807) is 26.4 Å². The maximum absolute atomic E-state index is 12.8. The Morgan fingerprint density at radius 1 is 1.19 bits per heavy atom. The summed E-state index contributed by atoms with van der Waals surface area (Å²) in [5, 5.41) is 0. The summed E-state index contributed by atoms with van der Waals surface area (Å²) < 4.78 is 23.6. The van der Waals surface area contributed by atoms with E-state index in [0.717, 1.165) is 5.56 Å². The number of likely N-dealkylation sites (tertiary alicyclic amines) is 1. The maximum atomic E-state index is 12.8. The van der Waals surface area contributed by atoms with Crippen LogP contribution in [0.1, 0.15) is 24.8 Å². The number of ether oxygens (including phenoxy) is 2. The molecule has 1 saturated heterocycles. The zero-order valence-electron chi connectivity index (χ0n) is 12.6. The van der Waals surface area contributed by atoms with Gasteiger partial charge in [-0.25, -0.2) is 4.39 Å². The van der Waals surface area contributed by atoms with Crippen LogP contribution >= 0.6 is 0 Å². The minimum atomic E-state index is -0.548. The lowest BCUT2D eigenvalue weighted by Gasteiger charge is -2.39. The molecule has 0 saturated carbocycles. The van der Waals surface area contributed by atoms with Crippen LogP contribution in [0.2, 0.25) is 0 Å². The van der Waals surface area contributed by atoms with Gasteiger partial charge in [-0.05, 0) is 24.1 Å². The molecule has 116 valence electrons. The summed E-state index contributed by atoms with van der Waals surface area (Å²) in [5.41, 5.74) is 0.977. The van der Waals surface area contributed by atoms with Gasteiger partial charge >= 0.3 is 0 Å². The first-order valence-electron chi connectivity index (χ1n) is 7.21. The number of nitrogens with zero attached hydrogens (tertiary/aromatic N) is 1. The smallest absolute Gasteiger partial charge is 0.222 e. The molecule has 1 fully saturated rings. The third-order valence-electron chi connectivity index (χ3n) is 4.16. The number of hydrogen-bond donors (Lipinski definition) is 0. The van der Waals surface area contributed by atoms with Crippen LogP contribution < -0.4 is 0 Å². The molecule has 1 aromatic rings. The lowest BCUT2D eigenvalue weighted by molar-refractivity contribution is -0.228. The first-order valence-corrected chi connectivity index (χ1v) is 7.21. The number of hydrogen-bond acceptors (Lipinski definition) is 3. The molecule has 4 nitrogen and oxygen atoms in total. The fourth-order valence-electron chi connectivity index (χ4n) is 2.65. The Hall–Kier alpha value is -1.46.